The first kappa shape index (κ1) is 22.5. The number of carbonyl (C=O) groups excluding carboxylic acids is 3. The van der Waals surface area contributed by atoms with Crippen LogP contribution < -0.4 is 30.6 Å². The molecule has 10 heteroatoms. The van der Waals surface area contributed by atoms with Gasteiger partial charge >= 0.3 is 0 Å². The Balaban J connectivity index is 1.90. The normalized spacial score (nSPS) is 10.5. The number of rotatable bonds is 9. The molecule has 2 aromatic carbocycles. The molecule has 0 fully saturated rings. The lowest BCUT2D eigenvalue weighted by molar-refractivity contribution is -0.117. The summed E-state index contributed by atoms with van der Waals surface area (Å²) in [5.41, 5.74) is 6.41. The maximum Gasteiger partial charge on any atom is 0.272 e. The number of anilines is 1. The molecule has 0 aliphatic rings. The van der Waals surface area contributed by atoms with Crippen LogP contribution in [0.4, 0.5) is 5.69 Å². The number of aromatic nitrogens is 1. The number of methoxy groups -OCH3 is 3. The van der Waals surface area contributed by atoms with Gasteiger partial charge in [0.15, 0.2) is 11.5 Å². The molecule has 0 aliphatic carbocycles. The molecule has 0 atom stereocenters. The van der Waals surface area contributed by atoms with Gasteiger partial charge in [-0.2, -0.15) is 0 Å². The van der Waals surface area contributed by atoms with Crippen LogP contribution >= 0.6 is 0 Å². The molecule has 1 heterocycles. The molecule has 1 aromatic heterocycles. The quantitative estimate of drug-likeness (QED) is 0.401. The van der Waals surface area contributed by atoms with Gasteiger partial charge in [-0.3, -0.25) is 14.4 Å². The zero-order chi connectivity index (χ0) is 23.3. The van der Waals surface area contributed by atoms with Crippen molar-refractivity contribution in [2.75, 3.05) is 33.2 Å². The number of nitrogens with two attached hydrogens (primary N) is 1. The molecule has 0 saturated carbocycles. The van der Waals surface area contributed by atoms with E-state index in [1.807, 2.05) is 0 Å². The topological polar surface area (TPSA) is 145 Å². The second kappa shape index (κ2) is 9.73. The number of hydrogen-bond acceptors (Lipinski definition) is 6. The molecule has 32 heavy (non-hydrogen) atoms. The van der Waals surface area contributed by atoms with E-state index in [-0.39, 0.29) is 24.2 Å². The lowest BCUT2D eigenvalue weighted by atomic mass is 10.1. The number of aromatic amines is 1. The highest BCUT2D eigenvalue weighted by Crippen LogP contribution is 2.41. The van der Waals surface area contributed by atoms with Crippen LogP contribution in [-0.4, -0.2) is 50.6 Å². The zero-order valence-corrected chi connectivity index (χ0v) is 17.9. The Morgan fingerprint density at radius 3 is 2.34 bits per heavy atom. The highest BCUT2D eigenvalue weighted by molar-refractivity contribution is 6.11. The van der Waals surface area contributed by atoms with Gasteiger partial charge in [0, 0.05) is 24.4 Å². The molecule has 5 N–H and O–H groups in total. The molecular weight excluding hydrogens is 416 g/mol. The maximum atomic E-state index is 13.0. The van der Waals surface area contributed by atoms with E-state index in [2.05, 4.69) is 15.6 Å². The van der Waals surface area contributed by atoms with Crippen molar-refractivity contribution in [1.82, 2.24) is 10.3 Å². The summed E-state index contributed by atoms with van der Waals surface area (Å²) in [6, 6.07) is 9.83. The molecule has 3 amide bonds. The maximum absolute atomic E-state index is 13.0. The lowest BCUT2D eigenvalue weighted by Gasteiger charge is -2.11. The fourth-order valence-electron chi connectivity index (χ4n) is 3.23. The summed E-state index contributed by atoms with van der Waals surface area (Å²) in [6.07, 6.45) is 0.0163. The average molecular weight is 440 g/mol. The second-order valence-corrected chi connectivity index (χ2v) is 6.76. The van der Waals surface area contributed by atoms with Crippen molar-refractivity contribution in [1.29, 1.82) is 0 Å². The van der Waals surface area contributed by atoms with Gasteiger partial charge in [0.05, 0.1) is 38.1 Å². The fourth-order valence-corrected chi connectivity index (χ4v) is 3.23. The second-order valence-electron chi connectivity index (χ2n) is 6.76. The number of hydrogen-bond donors (Lipinski definition) is 4. The minimum Gasteiger partial charge on any atom is -0.496 e. The molecule has 3 rings (SSSR count). The molecule has 168 valence electrons. The van der Waals surface area contributed by atoms with Crippen molar-refractivity contribution in [3.05, 3.63) is 47.7 Å². The molecule has 0 aliphatic heterocycles. The van der Waals surface area contributed by atoms with Crippen LogP contribution in [0.2, 0.25) is 0 Å². The average Bonchev–Trinajstić information content (AvgIpc) is 3.23. The van der Waals surface area contributed by atoms with Crippen LogP contribution in [0.15, 0.2) is 36.4 Å². The molecule has 0 unspecified atom stereocenters. The van der Waals surface area contributed by atoms with E-state index in [9.17, 15) is 14.4 Å². The first-order valence-corrected chi connectivity index (χ1v) is 9.68. The molecule has 0 spiro atoms. The van der Waals surface area contributed by atoms with Gasteiger partial charge in [0.1, 0.15) is 11.4 Å². The Morgan fingerprint density at radius 1 is 0.969 bits per heavy atom. The first-order chi connectivity index (χ1) is 15.4. The van der Waals surface area contributed by atoms with Gasteiger partial charge < -0.3 is 35.6 Å². The number of para-hydroxylation sites is 1. The predicted molar refractivity (Wildman–Crippen MR) is 118 cm³/mol. The smallest absolute Gasteiger partial charge is 0.272 e. The summed E-state index contributed by atoms with van der Waals surface area (Å²) in [5.74, 6) is -0.0518. The SMILES string of the molecule is COc1cc(OC)c2cc(C(=O)Nc3ccccc3C(=O)NCCC(N)=O)[nH]c2c1OC. The summed E-state index contributed by atoms with van der Waals surface area (Å²) in [5, 5.41) is 5.97. The largest absolute Gasteiger partial charge is 0.496 e. The van der Waals surface area contributed by atoms with E-state index in [4.69, 9.17) is 19.9 Å². The fraction of sp³-hybridized carbons (Fsp3) is 0.227. The summed E-state index contributed by atoms with van der Waals surface area (Å²) in [6.45, 7) is 0.0971. The third-order valence-electron chi connectivity index (χ3n) is 4.76. The standard InChI is InChI=1S/C22H24N4O6/c1-30-16-11-17(31-2)20(32-3)19-13(16)10-15(25-19)22(29)26-14-7-5-4-6-12(14)21(28)24-9-8-18(23)27/h4-7,10-11,25H,8-9H2,1-3H3,(H2,23,27)(H,24,28)(H,26,29). The Morgan fingerprint density at radius 2 is 1.69 bits per heavy atom. The zero-order valence-electron chi connectivity index (χ0n) is 17.9. The number of H-pyrrole nitrogens is 1. The van der Waals surface area contributed by atoms with E-state index >= 15 is 0 Å². The van der Waals surface area contributed by atoms with E-state index < -0.39 is 17.7 Å². The number of benzene rings is 2. The van der Waals surface area contributed by atoms with E-state index in [0.29, 0.717) is 33.8 Å². The number of amides is 3. The molecule has 0 bridgehead atoms. The van der Waals surface area contributed by atoms with E-state index in [1.165, 1.54) is 21.3 Å². The molecule has 10 nitrogen and oxygen atoms in total. The van der Waals surface area contributed by atoms with Crippen LogP contribution in [-0.2, 0) is 4.79 Å². The number of nitrogens with one attached hydrogen (secondary N) is 3. The van der Waals surface area contributed by atoms with Gasteiger partial charge in [-0.15, -0.1) is 0 Å². The number of ether oxygens (including phenoxy) is 3. The van der Waals surface area contributed by atoms with Gasteiger partial charge in [-0.1, -0.05) is 12.1 Å². The highest BCUT2D eigenvalue weighted by atomic mass is 16.5. The minimum atomic E-state index is -0.520. The van der Waals surface area contributed by atoms with Crippen molar-refractivity contribution in [3.63, 3.8) is 0 Å². The number of primary amides is 1. The van der Waals surface area contributed by atoms with Gasteiger partial charge in [-0.25, -0.2) is 0 Å². The summed E-state index contributed by atoms with van der Waals surface area (Å²) < 4.78 is 16.2. The van der Waals surface area contributed by atoms with Crippen LogP contribution in [0.25, 0.3) is 10.9 Å². The Labute approximate surface area is 184 Å². The van der Waals surface area contributed by atoms with Crippen molar-refractivity contribution in [2.24, 2.45) is 5.73 Å². The monoisotopic (exact) mass is 440 g/mol. The third kappa shape index (κ3) is 4.59. The molecule has 0 radical (unpaired) electrons. The minimum absolute atomic E-state index is 0.0163. The van der Waals surface area contributed by atoms with Gasteiger partial charge in [-0.05, 0) is 18.2 Å². The summed E-state index contributed by atoms with van der Waals surface area (Å²) in [4.78, 5) is 39.3. The van der Waals surface area contributed by atoms with Gasteiger partial charge in [0.2, 0.25) is 5.91 Å². The van der Waals surface area contributed by atoms with Crippen molar-refractivity contribution in [2.45, 2.75) is 6.42 Å². The van der Waals surface area contributed by atoms with Crippen LogP contribution in [0, 0.1) is 0 Å². The van der Waals surface area contributed by atoms with Crippen molar-refractivity contribution in [3.8, 4) is 17.2 Å². The predicted octanol–water partition coefficient (Wildman–Crippen LogP) is 2.05. The molecular formula is C22H24N4O6. The molecule has 0 saturated heterocycles. The third-order valence-corrected chi connectivity index (χ3v) is 4.76. The van der Waals surface area contributed by atoms with Crippen LogP contribution in [0.1, 0.15) is 27.3 Å². The first-order valence-electron chi connectivity index (χ1n) is 9.68. The summed E-state index contributed by atoms with van der Waals surface area (Å²) >= 11 is 0. The number of carbonyl (C=O) groups is 3. The van der Waals surface area contributed by atoms with Crippen molar-refractivity contribution >= 4 is 34.3 Å². The Hall–Kier alpha value is -4.21. The Bertz CT molecular complexity index is 1170. The van der Waals surface area contributed by atoms with Gasteiger partial charge in [0.25, 0.3) is 11.8 Å². The Kier molecular flexibility index (Phi) is 6.83. The highest BCUT2D eigenvalue weighted by Gasteiger charge is 2.21. The van der Waals surface area contributed by atoms with E-state index in [0.717, 1.165) is 0 Å². The number of fused-ring (bicyclic) bond motifs is 1. The molecule has 3 aromatic rings. The summed E-state index contributed by atoms with van der Waals surface area (Å²) in [7, 11) is 4.52. The van der Waals surface area contributed by atoms with Crippen LogP contribution in [0.3, 0.4) is 0 Å². The van der Waals surface area contributed by atoms with E-state index in [1.54, 1.807) is 36.4 Å². The van der Waals surface area contributed by atoms with Crippen molar-refractivity contribution < 1.29 is 28.6 Å². The van der Waals surface area contributed by atoms with Crippen LogP contribution in [0.5, 0.6) is 17.2 Å². The lowest BCUT2D eigenvalue weighted by Crippen LogP contribution is -2.28.